The van der Waals surface area contributed by atoms with E-state index in [1.165, 1.54) is 22.3 Å². The molecule has 0 spiro atoms. The van der Waals surface area contributed by atoms with Crippen molar-refractivity contribution in [3.8, 4) is 11.1 Å². The van der Waals surface area contributed by atoms with Crippen LogP contribution in [0.15, 0.2) is 48.5 Å². The predicted molar refractivity (Wildman–Crippen MR) is 109 cm³/mol. The molecule has 0 aliphatic heterocycles. The molecule has 0 radical (unpaired) electrons. The molecule has 150 valence electrons. The SMILES string of the molecule is O=C(NC1(C2(C(=O)O)CCC2)CCC1)OCC1c2ccccc2-c2ccccc21. The van der Waals surface area contributed by atoms with Gasteiger partial charge < -0.3 is 15.2 Å². The average molecular weight is 391 g/mol. The molecule has 0 aromatic heterocycles. The van der Waals surface area contributed by atoms with Crippen molar-refractivity contribution in [3.05, 3.63) is 59.7 Å². The van der Waals surface area contributed by atoms with E-state index in [0.717, 1.165) is 12.8 Å². The standard InChI is InChI=1S/C24H25NO4/c26-21(27)23(11-5-12-23)24(13-6-14-24)25-22(28)29-15-20-18-9-3-1-7-16(18)17-8-2-4-10-19(17)20/h1-4,7-10,20H,5-6,11-15H2,(H,25,28)(H,26,27). The summed E-state index contributed by atoms with van der Waals surface area (Å²) >= 11 is 0. The van der Waals surface area contributed by atoms with E-state index >= 15 is 0 Å². The molecule has 1 amide bonds. The minimum Gasteiger partial charge on any atom is -0.481 e. The lowest BCUT2D eigenvalue weighted by molar-refractivity contribution is -0.168. The average Bonchev–Trinajstić information content (AvgIpc) is 2.97. The van der Waals surface area contributed by atoms with Crippen LogP contribution in [-0.4, -0.2) is 29.3 Å². The van der Waals surface area contributed by atoms with Crippen LogP contribution in [-0.2, 0) is 9.53 Å². The van der Waals surface area contributed by atoms with Gasteiger partial charge in [0, 0.05) is 5.92 Å². The van der Waals surface area contributed by atoms with E-state index < -0.39 is 23.0 Å². The number of fused-ring (bicyclic) bond motifs is 3. The number of aliphatic carboxylic acids is 1. The number of carboxylic acid groups (broad SMARTS) is 1. The maximum absolute atomic E-state index is 12.7. The maximum atomic E-state index is 12.7. The highest BCUT2D eigenvalue weighted by atomic mass is 16.5. The number of carbonyl (C=O) groups excluding carboxylic acids is 1. The first kappa shape index (κ1) is 18.2. The van der Waals surface area contributed by atoms with Crippen LogP contribution in [0.3, 0.4) is 0 Å². The molecule has 0 atom stereocenters. The normalized spacial score (nSPS) is 20.6. The number of carbonyl (C=O) groups is 2. The molecule has 0 saturated heterocycles. The smallest absolute Gasteiger partial charge is 0.407 e. The van der Waals surface area contributed by atoms with Crippen molar-refractivity contribution >= 4 is 12.1 Å². The van der Waals surface area contributed by atoms with Crippen LogP contribution in [0.4, 0.5) is 4.79 Å². The van der Waals surface area contributed by atoms with Crippen LogP contribution < -0.4 is 5.32 Å². The number of amides is 1. The molecule has 5 nitrogen and oxygen atoms in total. The number of rotatable bonds is 5. The fourth-order valence-electron chi connectivity index (χ4n) is 5.51. The summed E-state index contributed by atoms with van der Waals surface area (Å²) in [6.45, 7) is 0.246. The van der Waals surface area contributed by atoms with Gasteiger partial charge in [0.05, 0.1) is 11.0 Å². The first-order valence-corrected chi connectivity index (χ1v) is 10.4. The zero-order chi connectivity index (χ0) is 20.1. The minimum atomic E-state index is -0.823. The summed E-state index contributed by atoms with van der Waals surface area (Å²) < 4.78 is 5.67. The van der Waals surface area contributed by atoms with Gasteiger partial charge >= 0.3 is 12.1 Å². The van der Waals surface area contributed by atoms with Crippen LogP contribution >= 0.6 is 0 Å². The topological polar surface area (TPSA) is 75.6 Å². The fraction of sp³-hybridized carbons (Fsp3) is 0.417. The molecule has 3 aliphatic carbocycles. The number of carboxylic acids is 1. The number of hydrogen-bond donors (Lipinski definition) is 2. The van der Waals surface area contributed by atoms with Gasteiger partial charge in [-0.15, -0.1) is 0 Å². The van der Waals surface area contributed by atoms with E-state index in [9.17, 15) is 14.7 Å². The second kappa shape index (κ2) is 6.61. The highest BCUT2D eigenvalue weighted by Crippen LogP contribution is 2.57. The lowest BCUT2D eigenvalue weighted by atomic mass is 9.50. The van der Waals surface area contributed by atoms with E-state index in [1.807, 2.05) is 24.3 Å². The van der Waals surface area contributed by atoms with Gasteiger partial charge in [-0.2, -0.15) is 0 Å². The van der Waals surface area contributed by atoms with E-state index in [4.69, 9.17) is 4.74 Å². The third-order valence-corrected chi connectivity index (χ3v) is 7.42. The summed E-state index contributed by atoms with van der Waals surface area (Å²) in [6.07, 6.45) is 4.03. The molecule has 2 N–H and O–H groups in total. The molecular weight excluding hydrogens is 366 g/mol. The first-order chi connectivity index (χ1) is 14.1. The Kier molecular flexibility index (Phi) is 4.16. The zero-order valence-corrected chi connectivity index (χ0v) is 16.3. The van der Waals surface area contributed by atoms with Gasteiger partial charge in [-0.3, -0.25) is 4.79 Å². The summed E-state index contributed by atoms with van der Waals surface area (Å²) in [7, 11) is 0. The molecule has 0 bridgehead atoms. The molecule has 2 fully saturated rings. The van der Waals surface area contributed by atoms with Gasteiger partial charge in [-0.1, -0.05) is 55.0 Å². The van der Waals surface area contributed by atoms with Crippen LogP contribution in [0, 0.1) is 5.41 Å². The monoisotopic (exact) mass is 391 g/mol. The lowest BCUT2D eigenvalue weighted by Crippen LogP contribution is -2.69. The van der Waals surface area contributed by atoms with Crippen LogP contribution in [0.2, 0.25) is 0 Å². The van der Waals surface area contributed by atoms with Crippen molar-refractivity contribution in [1.82, 2.24) is 5.32 Å². The summed E-state index contributed by atoms with van der Waals surface area (Å²) in [6, 6.07) is 16.4. The summed E-state index contributed by atoms with van der Waals surface area (Å²) in [4.78, 5) is 24.7. The van der Waals surface area contributed by atoms with Crippen molar-refractivity contribution in [2.75, 3.05) is 6.61 Å². The summed E-state index contributed by atoms with van der Waals surface area (Å²) in [5.41, 5.74) is 3.23. The van der Waals surface area contributed by atoms with Crippen LogP contribution in [0.1, 0.15) is 55.6 Å². The predicted octanol–water partition coefficient (Wildman–Crippen LogP) is 4.70. The Labute approximate surface area is 170 Å². The number of nitrogens with one attached hydrogen (secondary N) is 1. The summed E-state index contributed by atoms with van der Waals surface area (Å²) in [5.74, 6) is -0.787. The van der Waals surface area contributed by atoms with Crippen molar-refractivity contribution in [3.63, 3.8) is 0 Å². The van der Waals surface area contributed by atoms with Crippen molar-refractivity contribution in [1.29, 1.82) is 0 Å². The third-order valence-electron chi connectivity index (χ3n) is 7.42. The zero-order valence-electron chi connectivity index (χ0n) is 16.3. The third kappa shape index (κ3) is 2.60. The number of ether oxygens (including phenoxy) is 1. The molecule has 2 saturated carbocycles. The Balaban J connectivity index is 1.32. The van der Waals surface area contributed by atoms with Gasteiger partial charge in [0.25, 0.3) is 0 Å². The fourth-order valence-corrected chi connectivity index (χ4v) is 5.51. The highest BCUT2D eigenvalue weighted by Gasteiger charge is 2.63. The quantitative estimate of drug-likeness (QED) is 0.774. The van der Waals surface area contributed by atoms with Gasteiger partial charge in [0.15, 0.2) is 0 Å². The van der Waals surface area contributed by atoms with Crippen molar-refractivity contribution in [2.45, 2.75) is 50.0 Å². The van der Waals surface area contributed by atoms with E-state index in [2.05, 4.69) is 29.6 Å². The van der Waals surface area contributed by atoms with E-state index in [0.29, 0.717) is 25.7 Å². The molecule has 2 aromatic rings. The van der Waals surface area contributed by atoms with Gasteiger partial charge in [-0.25, -0.2) is 4.79 Å². The lowest BCUT2D eigenvalue weighted by Gasteiger charge is -2.57. The molecule has 5 heteroatoms. The Bertz CT molecular complexity index is 929. The second-order valence-electron chi connectivity index (χ2n) is 8.63. The van der Waals surface area contributed by atoms with Crippen LogP contribution in [0.5, 0.6) is 0 Å². The summed E-state index contributed by atoms with van der Waals surface area (Å²) in [5, 5.41) is 12.8. The van der Waals surface area contributed by atoms with Crippen molar-refractivity contribution < 1.29 is 19.4 Å². The largest absolute Gasteiger partial charge is 0.481 e. The maximum Gasteiger partial charge on any atom is 0.407 e. The first-order valence-electron chi connectivity index (χ1n) is 10.4. The van der Waals surface area contributed by atoms with Gasteiger partial charge in [0.2, 0.25) is 0 Å². The number of alkyl carbamates (subject to hydrolysis) is 1. The Morgan fingerprint density at radius 1 is 0.931 bits per heavy atom. The Morgan fingerprint density at radius 2 is 1.48 bits per heavy atom. The molecule has 3 aliphatic rings. The molecule has 2 aromatic carbocycles. The Morgan fingerprint density at radius 3 is 1.93 bits per heavy atom. The number of benzene rings is 2. The minimum absolute atomic E-state index is 0.00243. The molecule has 0 heterocycles. The van der Waals surface area contributed by atoms with Crippen molar-refractivity contribution in [2.24, 2.45) is 5.41 Å². The second-order valence-corrected chi connectivity index (χ2v) is 8.63. The Hall–Kier alpha value is -2.82. The molecule has 0 unspecified atom stereocenters. The molecule has 29 heavy (non-hydrogen) atoms. The van der Waals surface area contributed by atoms with E-state index in [1.54, 1.807) is 0 Å². The number of hydrogen-bond acceptors (Lipinski definition) is 3. The molecule has 5 rings (SSSR count). The van der Waals surface area contributed by atoms with Crippen LogP contribution in [0.25, 0.3) is 11.1 Å². The highest BCUT2D eigenvalue weighted by molar-refractivity contribution is 5.81. The van der Waals surface area contributed by atoms with E-state index in [-0.39, 0.29) is 12.5 Å². The van der Waals surface area contributed by atoms with Gasteiger partial charge in [-0.05, 0) is 54.4 Å². The molecular formula is C24H25NO4. The van der Waals surface area contributed by atoms with Gasteiger partial charge in [0.1, 0.15) is 6.61 Å².